The van der Waals surface area contributed by atoms with Gasteiger partial charge in [0, 0.05) is 17.3 Å². The molecule has 9 heteroatoms. The number of amides is 1. The maximum atomic E-state index is 12.6. The van der Waals surface area contributed by atoms with Gasteiger partial charge in [-0.15, -0.1) is 0 Å². The van der Waals surface area contributed by atoms with Gasteiger partial charge in [0.25, 0.3) is 5.69 Å². The van der Waals surface area contributed by atoms with Crippen LogP contribution in [0.1, 0.15) is 26.6 Å². The van der Waals surface area contributed by atoms with Gasteiger partial charge in [-0.1, -0.05) is 6.07 Å². The molecule has 2 aromatic heterocycles. The number of hydrogen-bond donors (Lipinski definition) is 1. The lowest BCUT2D eigenvalue weighted by molar-refractivity contribution is -0.383. The van der Waals surface area contributed by atoms with E-state index in [1.807, 2.05) is 25.1 Å². The smallest absolute Gasteiger partial charge is 0.295 e. The standard InChI is InChI=1S/C21H22N6O3/c1-13-23-16-10-14(8-9-17(16)26(13)21(2,3)4)24-19(28)11-25-12-22-15-6-5-7-18(20(15)25)27(29)30/h5-10,12H,11H2,1-4H3,(H,24,28). The molecule has 4 rings (SSSR count). The average molecular weight is 406 g/mol. The molecule has 0 aliphatic heterocycles. The molecule has 1 amide bonds. The van der Waals surface area contributed by atoms with Crippen molar-refractivity contribution in [2.24, 2.45) is 0 Å². The van der Waals surface area contributed by atoms with E-state index in [4.69, 9.17) is 0 Å². The number of anilines is 1. The van der Waals surface area contributed by atoms with Crippen LogP contribution in [0.25, 0.3) is 22.1 Å². The van der Waals surface area contributed by atoms with Gasteiger partial charge in [0.1, 0.15) is 17.9 Å². The number of nitrogens with one attached hydrogen (secondary N) is 1. The number of imidazole rings is 2. The fourth-order valence-electron chi connectivity index (χ4n) is 3.86. The van der Waals surface area contributed by atoms with Crippen LogP contribution in [0.3, 0.4) is 0 Å². The van der Waals surface area contributed by atoms with Gasteiger partial charge in [0.15, 0.2) is 0 Å². The minimum atomic E-state index is -0.472. The number of aromatic nitrogens is 4. The molecular formula is C21H22N6O3. The number of nitro benzene ring substituents is 1. The van der Waals surface area contributed by atoms with Gasteiger partial charge in [-0.05, 0) is 52.0 Å². The molecule has 2 heterocycles. The molecule has 0 unspecified atom stereocenters. The first-order valence-corrected chi connectivity index (χ1v) is 9.53. The van der Waals surface area contributed by atoms with E-state index in [1.165, 1.54) is 17.0 Å². The van der Waals surface area contributed by atoms with Gasteiger partial charge in [0.05, 0.1) is 27.8 Å². The minimum Gasteiger partial charge on any atom is -0.324 e. The Bertz CT molecular complexity index is 1300. The highest BCUT2D eigenvalue weighted by Crippen LogP contribution is 2.27. The SMILES string of the molecule is Cc1nc2cc(NC(=O)Cn3cnc4cccc([N+](=O)[O-])c43)ccc2n1C(C)(C)C. The second-order valence-electron chi connectivity index (χ2n) is 8.19. The number of carbonyl (C=O) groups excluding carboxylic acids is 1. The molecule has 1 N–H and O–H groups in total. The van der Waals surface area contributed by atoms with E-state index in [0.29, 0.717) is 16.7 Å². The number of nitrogens with zero attached hydrogens (tertiary/aromatic N) is 5. The Morgan fingerprint density at radius 3 is 2.67 bits per heavy atom. The van der Waals surface area contributed by atoms with E-state index in [1.54, 1.807) is 12.1 Å². The Morgan fingerprint density at radius 2 is 1.97 bits per heavy atom. The molecule has 0 saturated carbocycles. The van der Waals surface area contributed by atoms with Crippen LogP contribution in [0.15, 0.2) is 42.7 Å². The highest BCUT2D eigenvalue weighted by Gasteiger charge is 2.20. The van der Waals surface area contributed by atoms with E-state index in [0.717, 1.165) is 16.9 Å². The van der Waals surface area contributed by atoms with Gasteiger partial charge >= 0.3 is 0 Å². The first-order chi connectivity index (χ1) is 14.1. The van der Waals surface area contributed by atoms with Gasteiger partial charge in [0.2, 0.25) is 5.91 Å². The molecule has 9 nitrogen and oxygen atoms in total. The Kier molecular flexibility index (Phi) is 4.53. The highest BCUT2D eigenvalue weighted by atomic mass is 16.6. The number of hydrogen-bond acceptors (Lipinski definition) is 5. The zero-order chi connectivity index (χ0) is 21.6. The summed E-state index contributed by atoms with van der Waals surface area (Å²) in [7, 11) is 0. The van der Waals surface area contributed by atoms with E-state index in [2.05, 4.69) is 40.6 Å². The summed E-state index contributed by atoms with van der Waals surface area (Å²) in [5.41, 5.74) is 3.01. The number of benzene rings is 2. The van der Waals surface area contributed by atoms with Crippen molar-refractivity contribution in [1.29, 1.82) is 0 Å². The monoisotopic (exact) mass is 406 g/mol. The van der Waals surface area contributed by atoms with Crippen molar-refractivity contribution in [2.75, 3.05) is 5.32 Å². The van der Waals surface area contributed by atoms with Crippen molar-refractivity contribution in [3.63, 3.8) is 0 Å². The summed E-state index contributed by atoms with van der Waals surface area (Å²) in [5.74, 6) is 0.594. The number of para-hydroxylation sites is 1. The summed E-state index contributed by atoms with van der Waals surface area (Å²) in [6, 6.07) is 10.3. The van der Waals surface area contributed by atoms with Crippen molar-refractivity contribution in [3.8, 4) is 0 Å². The summed E-state index contributed by atoms with van der Waals surface area (Å²) >= 11 is 0. The maximum absolute atomic E-state index is 12.6. The number of aryl methyl sites for hydroxylation is 1. The van der Waals surface area contributed by atoms with Crippen molar-refractivity contribution in [3.05, 3.63) is 58.7 Å². The van der Waals surface area contributed by atoms with Crippen LogP contribution >= 0.6 is 0 Å². The molecule has 0 aliphatic rings. The van der Waals surface area contributed by atoms with E-state index in [9.17, 15) is 14.9 Å². The largest absolute Gasteiger partial charge is 0.324 e. The first kappa shape index (κ1) is 19.6. The fourth-order valence-corrected chi connectivity index (χ4v) is 3.86. The van der Waals surface area contributed by atoms with Crippen LogP contribution in [0, 0.1) is 17.0 Å². The van der Waals surface area contributed by atoms with Gasteiger partial charge in [-0.3, -0.25) is 14.9 Å². The number of rotatable bonds is 4. The van der Waals surface area contributed by atoms with Crippen molar-refractivity contribution in [2.45, 2.75) is 39.8 Å². The molecule has 4 aromatic rings. The predicted molar refractivity (Wildman–Crippen MR) is 114 cm³/mol. The lowest BCUT2D eigenvalue weighted by Gasteiger charge is -2.23. The van der Waals surface area contributed by atoms with Crippen LogP contribution in [0.5, 0.6) is 0 Å². The summed E-state index contributed by atoms with van der Waals surface area (Å²) in [5, 5.41) is 14.2. The topological polar surface area (TPSA) is 108 Å². The molecule has 0 atom stereocenters. The first-order valence-electron chi connectivity index (χ1n) is 9.53. The van der Waals surface area contributed by atoms with Crippen LogP contribution in [-0.2, 0) is 16.9 Å². The molecule has 0 fully saturated rings. The minimum absolute atomic E-state index is 0.0811. The lowest BCUT2D eigenvalue weighted by atomic mass is 10.1. The second-order valence-corrected chi connectivity index (χ2v) is 8.19. The summed E-state index contributed by atoms with van der Waals surface area (Å²) in [4.78, 5) is 32.2. The molecule has 0 bridgehead atoms. The van der Waals surface area contributed by atoms with Crippen LogP contribution in [0.2, 0.25) is 0 Å². The number of fused-ring (bicyclic) bond motifs is 2. The van der Waals surface area contributed by atoms with E-state index >= 15 is 0 Å². The zero-order valence-corrected chi connectivity index (χ0v) is 17.2. The van der Waals surface area contributed by atoms with Crippen molar-refractivity contribution >= 4 is 39.3 Å². The third-order valence-corrected chi connectivity index (χ3v) is 4.90. The summed E-state index contributed by atoms with van der Waals surface area (Å²) in [6.45, 7) is 8.22. The quantitative estimate of drug-likeness (QED) is 0.407. The Labute approximate surface area is 172 Å². The Balaban J connectivity index is 1.60. The normalized spacial score (nSPS) is 11.9. The number of carbonyl (C=O) groups is 1. The summed E-state index contributed by atoms with van der Waals surface area (Å²) in [6.07, 6.45) is 1.44. The Morgan fingerprint density at radius 1 is 1.20 bits per heavy atom. The predicted octanol–water partition coefficient (Wildman–Crippen LogP) is 4.00. The highest BCUT2D eigenvalue weighted by molar-refractivity contribution is 5.94. The molecule has 0 spiro atoms. The molecule has 30 heavy (non-hydrogen) atoms. The van der Waals surface area contributed by atoms with Gasteiger partial charge in [-0.25, -0.2) is 9.97 Å². The number of nitro groups is 1. The van der Waals surface area contributed by atoms with Crippen molar-refractivity contribution < 1.29 is 9.72 Å². The number of non-ortho nitro benzene ring substituents is 1. The van der Waals surface area contributed by atoms with Crippen LogP contribution < -0.4 is 5.32 Å². The Hall–Kier alpha value is -3.75. The second kappa shape index (κ2) is 6.94. The molecule has 0 saturated heterocycles. The van der Waals surface area contributed by atoms with E-state index in [-0.39, 0.29) is 23.7 Å². The maximum Gasteiger partial charge on any atom is 0.295 e. The summed E-state index contributed by atoms with van der Waals surface area (Å²) < 4.78 is 3.64. The third kappa shape index (κ3) is 3.38. The molecule has 0 radical (unpaired) electrons. The molecule has 0 aliphatic carbocycles. The van der Waals surface area contributed by atoms with Gasteiger partial charge < -0.3 is 14.5 Å². The molecular weight excluding hydrogens is 384 g/mol. The third-order valence-electron chi connectivity index (χ3n) is 4.90. The average Bonchev–Trinajstić information content (AvgIpc) is 3.20. The van der Waals surface area contributed by atoms with Crippen LogP contribution in [-0.4, -0.2) is 29.9 Å². The molecule has 154 valence electrons. The lowest BCUT2D eigenvalue weighted by Crippen LogP contribution is -2.22. The van der Waals surface area contributed by atoms with E-state index < -0.39 is 4.92 Å². The van der Waals surface area contributed by atoms with Gasteiger partial charge in [-0.2, -0.15) is 0 Å². The molecule has 2 aromatic carbocycles. The van der Waals surface area contributed by atoms with Crippen LogP contribution in [0.4, 0.5) is 11.4 Å². The fraction of sp³-hybridized carbons (Fsp3) is 0.286. The zero-order valence-electron chi connectivity index (χ0n) is 17.2. The van der Waals surface area contributed by atoms with Crippen molar-refractivity contribution in [1.82, 2.24) is 19.1 Å².